The van der Waals surface area contributed by atoms with Gasteiger partial charge in [0, 0.05) is 32.7 Å². The van der Waals surface area contributed by atoms with Crippen LogP contribution in [0.4, 0.5) is 0 Å². The summed E-state index contributed by atoms with van der Waals surface area (Å²) < 4.78 is 0. The molecule has 0 amide bonds. The smallest absolute Gasteiger partial charge is 0.0555 e. The van der Waals surface area contributed by atoms with Crippen LogP contribution in [0.1, 0.15) is 25.0 Å². The molecule has 2 aromatic rings. The lowest BCUT2D eigenvalue weighted by molar-refractivity contribution is 0.158. The van der Waals surface area contributed by atoms with E-state index in [9.17, 15) is 0 Å². The average Bonchev–Trinajstić information content (AvgIpc) is 2.56. The molecule has 0 aliphatic heterocycles. The molecule has 0 spiro atoms. The molecule has 2 N–H and O–H groups in total. The van der Waals surface area contributed by atoms with E-state index in [0.29, 0.717) is 6.54 Å². The zero-order valence-corrected chi connectivity index (χ0v) is 14.9. The maximum Gasteiger partial charge on any atom is 0.0555 e. The SMILES string of the molecule is CC(C)(CNCCO)CN(Cc1ccccc1)Cc1ccccc1. The van der Waals surface area contributed by atoms with Gasteiger partial charge in [0.15, 0.2) is 0 Å². The lowest BCUT2D eigenvalue weighted by Gasteiger charge is -2.33. The van der Waals surface area contributed by atoms with Crippen LogP contribution in [0.15, 0.2) is 60.7 Å². The number of aliphatic hydroxyl groups excluding tert-OH is 1. The summed E-state index contributed by atoms with van der Waals surface area (Å²) in [6, 6.07) is 21.3. The molecule has 3 nitrogen and oxygen atoms in total. The van der Waals surface area contributed by atoms with E-state index in [1.807, 2.05) is 0 Å². The summed E-state index contributed by atoms with van der Waals surface area (Å²) in [4.78, 5) is 2.51. The molecule has 130 valence electrons. The zero-order valence-electron chi connectivity index (χ0n) is 14.9. The van der Waals surface area contributed by atoms with Gasteiger partial charge < -0.3 is 10.4 Å². The molecule has 0 atom stereocenters. The second-order valence-corrected chi connectivity index (χ2v) is 7.18. The molecule has 3 heteroatoms. The summed E-state index contributed by atoms with van der Waals surface area (Å²) in [5.41, 5.74) is 2.82. The molecule has 2 rings (SSSR count). The minimum absolute atomic E-state index is 0.138. The first-order valence-electron chi connectivity index (χ1n) is 8.71. The van der Waals surface area contributed by atoms with Crippen LogP contribution in [0.5, 0.6) is 0 Å². The quantitative estimate of drug-likeness (QED) is 0.658. The minimum atomic E-state index is 0.138. The molecule has 2 aromatic carbocycles. The molecule has 0 aliphatic carbocycles. The molecule has 0 heterocycles. The maximum absolute atomic E-state index is 8.96. The average molecular weight is 326 g/mol. The fourth-order valence-corrected chi connectivity index (χ4v) is 3.02. The van der Waals surface area contributed by atoms with Crippen molar-refractivity contribution in [1.82, 2.24) is 10.2 Å². The second-order valence-electron chi connectivity index (χ2n) is 7.18. The molecular weight excluding hydrogens is 296 g/mol. The van der Waals surface area contributed by atoms with Gasteiger partial charge in [-0.05, 0) is 16.5 Å². The van der Waals surface area contributed by atoms with E-state index in [2.05, 4.69) is 84.7 Å². The maximum atomic E-state index is 8.96. The second kappa shape index (κ2) is 9.58. The standard InChI is InChI=1S/C21H30N2O/c1-21(2,17-22-13-14-24)18-23(15-19-9-5-3-6-10-19)16-20-11-7-4-8-12-20/h3-12,22,24H,13-18H2,1-2H3. The van der Waals surface area contributed by atoms with Crippen molar-refractivity contribution in [2.75, 3.05) is 26.2 Å². The van der Waals surface area contributed by atoms with E-state index >= 15 is 0 Å². The number of nitrogens with one attached hydrogen (secondary N) is 1. The molecule has 24 heavy (non-hydrogen) atoms. The largest absolute Gasteiger partial charge is 0.395 e. The van der Waals surface area contributed by atoms with E-state index in [-0.39, 0.29) is 12.0 Å². The number of rotatable bonds is 10. The Labute approximate surface area is 146 Å². The fourth-order valence-electron chi connectivity index (χ4n) is 3.02. The van der Waals surface area contributed by atoms with E-state index in [4.69, 9.17) is 5.11 Å². The van der Waals surface area contributed by atoms with Crippen LogP contribution in [0, 0.1) is 5.41 Å². The summed E-state index contributed by atoms with van der Waals surface area (Å²) in [5.74, 6) is 0. The Morgan fingerprint density at radius 1 is 0.875 bits per heavy atom. The normalized spacial score (nSPS) is 11.8. The number of aliphatic hydroxyl groups is 1. The number of benzene rings is 2. The highest BCUT2D eigenvalue weighted by Crippen LogP contribution is 2.20. The topological polar surface area (TPSA) is 35.5 Å². The van der Waals surface area contributed by atoms with Crippen LogP contribution >= 0.6 is 0 Å². The highest BCUT2D eigenvalue weighted by molar-refractivity contribution is 5.17. The minimum Gasteiger partial charge on any atom is -0.395 e. The monoisotopic (exact) mass is 326 g/mol. The Morgan fingerprint density at radius 3 is 1.83 bits per heavy atom. The fraction of sp³-hybridized carbons (Fsp3) is 0.429. The molecule has 0 fully saturated rings. The van der Waals surface area contributed by atoms with Crippen LogP contribution < -0.4 is 5.32 Å². The molecule has 0 radical (unpaired) electrons. The zero-order chi connectivity index (χ0) is 17.3. The highest BCUT2D eigenvalue weighted by Gasteiger charge is 2.22. The van der Waals surface area contributed by atoms with Gasteiger partial charge in [0.05, 0.1) is 6.61 Å². The van der Waals surface area contributed by atoms with E-state index in [1.165, 1.54) is 11.1 Å². The summed E-state index contributed by atoms with van der Waals surface area (Å²) in [5, 5.41) is 12.3. The Bertz CT molecular complexity index is 527. The van der Waals surface area contributed by atoms with Crippen LogP contribution in [-0.2, 0) is 13.1 Å². The first-order valence-corrected chi connectivity index (χ1v) is 8.71. The predicted molar refractivity (Wildman–Crippen MR) is 101 cm³/mol. The molecular formula is C21H30N2O. The van der Waals surface area contributed by atoms with Crippen molar-refractivity contribution >= 4 is 0 Å². The van der Waals surface area contributed by atoms with Gasteiger partial charge in [0.2, 0.25) is 0 Å². The molecule has 0 aliphatic rings. The van der Waals surface area contributed by atoms with Crippen LogP contribution in [0.2, 0.25) is 0 Å². The van der Waals surface area contributed by atoms with Crippen molar-refractivity contribution < 1.29 is 5.11 Å². The Balaban J connectivity index is 2.04. The molecule has 0 saturated heterocycles. The Morgan fingerprint density at radius 2 is 1.38 bits per heavy atom. The lowest BCUT2D eigenvalue weighted by atomic mass is 9.92. The van der Waals surface area contributed by atoms with Crippen LogP contribution in [-0.4, -0.2) is 36.2 Å². The summed E-state index contributed by atoms with van der Waals surface area (Å²) in [6.45, 7) is 9.18. The summed E-state index contributed by atoms with van der Waals surface area (Å²) in [7, 11) is 0. The third kappa shape index (κ3) is 6.83. The van der Waals surface area contributed by atoms with Gasteiger partial charge in [-0.1, -0.05) is 74.5 Å². The van der Waals surface area contributed by atoms with Crippen molar-refractivity contribution in [2.24, 2.45) is 5.41 Å². The van der Waals surface area contributed by atoms with Crippen molar-refractivity contribution in [3.63, 3.8) is 0 Å². The first-order chi connectivity index (χ1) is 11.6. The van der Waals surface area contributed by atoms with Gasteiger partial charge in [-0.3, -0.25) is 4.90 Å². The van der Waals surface area contributed by atoms with Crippen LogP contribution in [0.3, 0.4) is 0 Å². The molecule has 0 unspecified atom stereocenters. The van der Waals surface area contributed by atoms with Crippen molar-refractivity contribution in [1.29, 1.82) is 0 Å². The van der Waals surface area contributed by atoms with Gasteiger partial charge in [0.25, 0.3) is 0 Å². The number of hydrogen-bond donors (Lipinski definition) is 2. The van der Waals surface area contributed by atoms with Crippen molar-refractivity contribution in [3.8, 4) is 0 Å². The molecule has 0 saturated carbocycles. The van der Waals surface area contributed by atoms with Crippen LogP contribution in [0.25, 0.3) is 0 Å². The van der Waals surface area contributed by atoms with Gasteiger partial charge in [-0.25, -0.2) is 0 Å². The van der Waals surface area contributed by atoms with Gasteiger partial charge >= 0.3 is 0 Å². The molecule has 0 bridgehead atoms. The first kappa shape index (κ1) is 18.7. The highest BCUT2D eigenvalue weighted by atomic mass is 16.3. The van der Waals surface area contributed by atoms with Crippen molar-refractivity contribution in [2.45, 2.75) is 26.9 Å². The summed E-state index contributed by atoms with van der Waals surface area (Å²) >= 11 is 0. The van der Waals surface area contributed by atoms with E-state index in [0.717, 1.165) is 26.2 Å². The van der Waals surface area contributed by atoms with E-state index in [1.54, 1.807) is 0 Å². The Kier molecular flexibility index (Phi) is 7.44. The van der Waals surface area contributed by atoms with Gasteiger partial charge in [-0.2, -0.15) is 0 Å². The van der Waals surface area contributed by atoms with E-state index < -0.39 is 0 Å². The number of hydrogen-bond acceptors (Lipinski definition) is 3. The lowest BCUT2D eigenvalue weighted by Crippen LogP contribution is -2.40. The van der Waals surface area contributed by atoms with Gasteiger partial charge in [0.1, 0.15) is 0 Å². The van der Waals surface area contributed by atoms with Gasteiger partial charge in [-0.15, -0.1) is 0 Å². The Hall–Kier alpha value is -1.68. The number of nitrogens with zero attached hydrogens (tertiary/aromatic N) is 1. The predicted octanol–water partition coefficient (Wildman–Crippen LogP) is 3.30. The summed E-state index contributed by atoms with van der Waals surface area (Å²) in [6.07, 6.45) is 0. The third-order valence-corrected chi connectivity index (χ3v) is 4.04. The molecule has 0 aromatic heterocycles. The third-order valence-electron chi connectivity index (χ3n) is 4.04. The van der Waals surface area contributed by atoms with Crippen molar-refractivity contribution in [3.05, 3.63) is 71.8 Å².